The minimum absolute atomic E-state index is 0.0764. The molecule has 1 aromatic rings. The van der Waals surface area contributed by atoms with E-state index >= 15 is 0 Å². The average molecular weight is 324 g/mol. The summed E-state index contributed by atoms with van der Waals surface area (Å²) in [6.45, 7) is 6.91. The maximum Gasteiger partial charge on any atom is 0.270 e. The van der Waals surface area contributed by atoms with Crippen molar-refractivity contribution in [1.29, 1.82) is 0 Å². The number of carbonyl (C=O) groups is 1. The van der Waals surface area contributed by atoms with Crippen LogP contribution in [-0.4, -0.2) is 20.9 Å². The molecule has 1 N–H and O–H groups in total. The van der Waals surface area contributed by atoms with Crippen LogP contribution in [-0.2, 0) is 20.3 Å². The quantitative estimate of drug-likeness (QED) is 0.818. The van der Waals surface area contributed by atoms with Gasteiger partial charge < -0.3 is 5.32 Å². The third kappa shape index (κ3) is 5.50. The van der Waals surface area contributed by atoms with Crippen LogP contribution >= 0.6 is 22.0 Å². The van der Waals surface area contributed by atoms with Gasteiger partial charge in [0.15, 0.2) is 0 Å². The normalized spacial score (nSPS) is 13.5. The third-order valence-electron chi connectivity index (χ3n) is 2.97. The van der Waals surface area contributed by atoms with Crippen molar-refractivity contribution < 1.29 is 13.2 Å². The smallest absolute Gasteiger partial charge is 0.270 e. The van der Waals surface area contributed by atoms with Gasteiger partial charge in [0.25, 0.3) is 9.05 Å². The van der Waals surface area contributed by atoms with Gasteiger partial charge in [-0.2, -0.15) is 0 Å². The zero-order valence-corrected chi connectivity index (χ0v) is 13.5. The molecule has 0 aliphatic carbocycles. The summed E-state index contributed by atoms with van der Waals surface area (Å²) < 4.78 is 22.3. The highest BCUT2D eigenvalue weighted by Crippen LogP contribution is 2.25. The molecule has 1 unspecified atom stereocenters. The summed E-state index contributed by atoms with van der Waals surface area (Å²) in [5.74, 6) is 0.814. The zero-order chi connectivity index (χ0) is 14.6. The molecule has 0 radical (unpaired) electrons. The van der Waals surface area contributed by atoms with E-state index in [1.165, 1.54) is 6.07 Å². The molecule has 0 saturated carbocycles. The lowest BCUT2D eigenvalue weighted by molar-refractivity contribution is -0.120. The van der Waals surface area contributed by atoms with Crippen molar-refractivity contribution in [3.63, 3.8) is 0 Å². The monoisotopic (exact) mass is 323 g/mol. The molecule has 7 heteroatoms. The molecule has 0 fully saturated rings. The fraction of sp³-hybridized carbons (Fsp3) is 0.583. The Kier molecular flexibility index (Phi) is 5.82. The van der Waals surface area contributed by atoms with E-state index in [4.69, 9.17) is 10.7 Å². The second-order valence-corrected chi connectivity index (χ2v) is 8.82. The van der Waals surface area contributed by atoms with Gasteiger partial charge in [-0.25, -0.2) is 8.42 Å². The first-order valence-electron chi connectivity index (χ1n) is 6.00. The molecule has 0 saturated heterocycles. The van der Waals surface area contributed by atoms with Gasteiger partial charge >= 0.3 is 0 Å². The minimum atomic E-state index is -3.70. The minimum Gasteiger partial charge on any atom is -0.356 e. The topological polar surface area (TPSA) is 63.2 Å². The van der Waals surface area contributed by atoms with Crippen molar-refractivity contribution in [2.75, 3.05) is 6.54 Å². The Bertz CT molecular complexity index is 537. The molecule has 0 aliphatic rings. The lowest BCUT2D eigenvalue weighted by Gasteiger charge is -2.15. The molecule has 0 bridgehead atoms. The molecule has 0 aliphatic heterocycles. The molecule has 0 aromatic carbocycles. The van der Waals surface area contributed by atoms with Crippen molar-refractivity contribution in [2.45, 2.75) is 31.4 Å². The van der Waals surface area contributed by atoms with Gasteiger partial charge in [-0.15, -0.1) is 11.3 Å². The Balaban J connectivity index is 2.52. The first-order valence-corrected chi connectivity index (χ1v) is 9.12. The molecule has 19 heavy (non-hydrogen) atoms. The van der Waals surface area contributed by atoms with Crippen molar-refractivity contribution in [1.82, 2.24) is 5.32 Å². The van der Waals surface area contributed by atoms with Gasteiger partial charge in [0.2, 0.25) is 5.91 Å². The molecule has 108 valence electrons. The fourth-order valence-electron chi connectivity index (χ4n) is 1.32. The highest BCUT2D eigenvalue weighted by Gasteiger charge is 2.15. The number of nitrogens with one attached hydrogen (secondary N) is 1. The van der Waals surface area contributed by atoms with Gasteiger partial charge in [0, 0.05) is 22.1 Å². The van der Waals surface area contributed by atoms with E-state index in [0.29, 0.717) is 23.3 Å². The van der Waals surface area contributed by atoms with Crippen LogP contribution in [0.4, 0.5) is 0 Å². The molecule has 1 amide bonds. The van der Waals surface area contributed by atoms with Crippen LogP contribution in [0.15, 0.2) is 16.3 Å². The summed E-state index contributed by atoms with van der Waals surface area (Å²) in [7, 11) is 1.53. The maximum atomic E-state index is 11.7. The summed E-state index contributed by atoms with van der Waals surface area (Å²) >= 11 is 1.03. The van der Waals surface area contributed by atoms with Gasteiger partial charge in [-0.05, 0) is 24.0 Å². The summed E-state index contributed by atoms with van der Waals surface area (Å²) in [5, 5.41) is 2.85. The number of thiophene rings is 1. The predicted molar refractivity (Wildman–Crippen MR) is 78.1 cm³/mol. The maximum absolute atomic E-state index is 11.7. The second kappa shape index (κ2) is 6.72. The van der Waals surface area contributed by atoms with Crippen LogP contribution in [0, 0.1) is 11.8 Å². The first-order chi connectivity index (χ1) is 8.70. The van der Waals surface area contributed by atoms with Gasteiger partial charge in [0.1, 0.15) is 4.21 Å². The second-order valence-electron chi connectivity index (χ2n) is 4.86. The van der Waals surface area contributed by atoms with E-state index < -0.39 is 9.05 Å². The Hall–Kier alpha value is -0.590. The van der Waals surface area contributed by atoms with Crippen LogP contribution in [0.25, 0.3) is 0 Å². The summed E-state index contributed by atoms with van der Waals surface area (Å²) in [4.78, 5) is 12.4. The molecular weight excluding hydrogens is 306 g/mol. The van der Waals surface area contributed by atoms with E-state index in [-0.39, 0.29) is 16.5 Å². The Labute approximate surface area is 122 Å². The van der Waals surface area contributed by atoms with E-state index in [1.807, 2.05) is 0 Å². The van der Waals surface area contributed by atoms with Crippen molar-refractivity contribution in [3.05, 3.63) is 17.0 Å². The molecule has 1 rings (SSSR count). The van der Waals surface area contributed by atoms with Crippen molar-refractivity contribution in [2.24, 2.45) is 11.8 Å². The summed E-state index contributed by atoms with van der Waals surface area (Å²) in [5.41, 5.74) is 0. The first kappa shape index (κ1) is 16.5. The predicted octanol–water partition coefficient (Wildman–Crippen LogP) is 2.63. The number of carbonyl (C=O) groups excluding carboxylic acids is 1. The Morgan fingerprint density at radius 2 is 2.00 bits per heavy atom. The van der Waals surface area contributed by atoms with E-state index in [1.54, 1.807) is 6.07 Å². The number of halogens is 1. The fourth-order valence-corrected chi connectivity index (χ4v) is 3.44. The van der Waals surface area contributed by atoms with Crippen LogP contribution < -0.4 is 5.32 Å². The average Bonchev–Trinajstić information content (AvgIpc) is 2.73. The van der Waals surface area contributed by atoms with Crippen molar-refractivity contribution in [3.8, 4) is 0 Å². The van der Waals surface area contributed by atoms with Crippen LogP contribution in [0.2, 0.25) is 0 Å². The molecular formula is C12H18ClNO3S2. The molecule has 1 heterocycles. The standard InChI is InChI=1S/C12H18ClNO3S2/c1-8(2)9(3)7-14-11(15)6-10-4-5-12(18-10)19(13,16)17/h4-5,8-9H,6-7H2,1-3H3,(H,14,15). The molecule has 0 spiro atoms. The lowest BCUT2D eigenvalue weighted by Crippen LogP contribution is -2.31. The lowest BCUT2D eigenvalue weighted by atomic mass is 9.98. The van der Waals surface area contributed by atoms with E-state index in [0.717, 1.165) is 11.3 Å². The number of amides is 1. The van der Waals surface area contributed by atoms with Crippen LogP contribution in [0.3, 0.4) is 0 Å². The van der Waals surface area contributed by atoms with E-state index in [9.17, 15) is 13.2 Å². The van der Waals surface area contributed by atoms with Crippen molar-refractivity contribution >= 4 is 37.0 Å². The molecule has 4 nitrogen and oxygen atoms in total. The Morgan fingerprint density at radius 3 is 2.47 bits per heavy atom. The third-order valence-corrected chi connectivity index (χ3v) is 6.15. The highest BCUT2D eigenvalue weighted by atomic mass is 35.7. The van der Waals surface area contributed by atoms with Crippen LogP contribution in [0.5, 0.6) is 0 Å². The SMILES string of the molecule is CC(C)C(C)CNC(=O)Cc1ccc(S(=O)(=O)Cl)s1. The van der Waals surface area contributed by atoms with Gasteiger partial charge in [-0.3, -0.25) is 4.79 Å². The number of rotatable bonds is 6. The van der Waals surface area contributed by atoms with Gasteiger partial charge in [0.05, 0.1) is 6.42 Å². The summed E-state index contributed by atoms with van der Waals surface area (Å²) in [6, 6.07) is 3.04. The molecule has 1 aromatic heterocycles. The largest absolute Gasteiger partial charge is 0.356 e. The number of hydrogen-bond acceptors (Lipinski definition) is 4. The number of hydrogen-bond donors (Lipinski definition) is 1. The zero-order valence-electron chi connectivity index (χ0n) is 11.1. The summed E-state index contributed by atoms with van der Waals surface area (Å²) in [6.07, 6.45) is 0.182. The van der Waals surface area contributed by atoms with E-state index in [2.05, 4.69) is 26.1 Å². The highest BCUT2D eigenvalue weighted by molar-refractivity contribution is 8.15. The Morgan fingerprint density at radius 1 is 1.37 bits per heavy atom. The van der Waals surface area contributed by atoms with Gasteiger partial charge in [-0.1, -0.05) is 20.8 Å². The molecule has 1 atom stereocenters. The van der Waals surface area contributed by atoms with Crippen LogP contribution in [0.1, 0.15) is 25.6 Å².